The standard InChI is InChI=1S/C16H18O2/c1-13-6-2-3-7-14(13)12-15-8-4-5-9-16(15)18-11-10-17/h2-9,17H,10-12H2,1H3. The third-order valence-corrected chi connectivity index (χ3v) is 2.96. The molecular weight excluding hydrogens is 224 g/mol. The molecular formula is C16H18O2. The Balaban J connectivity index is 2.21. The Morgan fingerprint density at radius 1 is 0.944 bits per heavy atom. The van der Waals surface area contributed by atoms with E-state index in [2.05, 4.69) is 31.2 Å². The number of aliphatic hydroxyl groups is 1. The number of aliphatic hydroxyl groups excluding tert-OH is 1. The van der Waals surface area contributed by atoms with Crippen LogP contribution < -0.4 is 4.74 Å². The quantitative estimate of drug-likeness (QED) is 0.873. The molecule has 2 heteroatoms. The summed E-state index contributed by atoms with van der Waals surface area (Å²) >= 11 is 0. The fraction of sp³-hybridized carbons (Fsp3) is 0.250. The van der Waals surface area contributed by atoms with E-state index in [4.69, 9.17) is 9.84 Å². The van der Waals surface area contributed by atoms with Crippen LogP contribution in [-0.4, -0.2) is 18.3 Å². The zero-order valence-corrected chi connectivity index (χ0v) is 10.6. The van der Waals surface area contributed by atoms with Gasteiger partial charge in [-0.15, -0.1) is 0 Å². The molecule has 0 amide bonds. The van der Waals surface area contributed by atoms with E-state index in [0.717, 1.165) is 17.7 Å². The van der Waals surface area contributed by atoms with Gasteiger partial charge in [-0.25, -0.2) is 0 Å². The first-order valence-corrected chi connectivity index (χ1v) is 6.17. The number of rotatable bonds is 5. The smallest absolute Gasteiger partial charge is 0.122 e. The summed E-state index contributed by atoms with van der Waals surface area (Å²) in [7, 11) is 0. The van der Waals surface area contributed by atoms with Gasteiger partial charge in [0, 0.05) is 6.42 Å². The van der Waals surface area contributed by atoms with Gasteiger partial charge in [0.15, 0.2) is 0 Å². The Morgan fingerprint density at radius 2 is 1.61 bits per heavy atom. The summed E-state index contributed by atoms with van der Waals surface area (Å²) in [5, 5.41) is 8.83. The van der Waals surface area contributed by atoms with Crippen LogP contribution >= 0.6 is 0 Å². The summed E-state index contributed by atoms with van der Waals surface area (Å²) in [4.78, 5) is 0. The highest BCUT2D eigenvalue weighted by Crippen LogP contribution is 2.22. The van der Waals surface area contributed by atoms with Gasteiger partial charge in [0.1, 0.15) is 12.4 Å². The van der Waals surface area contributed by atoms with Crippen LogP contribution in [0.5, 0.6) is 5.75 Å². The first-order valence-electron chi connectivity index (χ1n) is 6.17. The molecule has 0 fully saturated rings. The summed E-state index contributed by atoms with van der Waals surface area (Å²) in [6.07, 6.45) is 0.855. The summed E-state index contributed by atoms with van der Waals surface area (Å²) in [5.74, 6) is 0.856. The Bertz CT molecular complexity index is 506. The second-order valence-electron chi connectivity index (χ2n) is 4.28. The number of para-hydroxylation sites is 1. The SMILES string of the molecule is Cc1ccccc1Cc1ccccc1OCCO. The van der Waals surface area contributed by atoms with Gasteiger partial charge in [0.05, 0.1) is 6.61 Å². The van der Waals surface area contributed by atoms with Gasteiger partial charge in [-0.2, -0.15) is 0 Å². The minimum atomic E-state index is 0.0404. The number of hydrogen-bond donors (Lipinski definition) is 1. The molecule has 0 saturated carbocycles. The Kier molecular flexibility index (Phi) is 4.37. The van der Waals surface area contributed by atoms with Crippen LogP contribution in [0.4, 0.5) is 0 Å². The predicted molar refractivity (Wildman–Crippen MR) is 73.0 cm³/mol. The van der Waals surface area contributed by atoms with Crippen molar-refractivity contribution in [2.75, 3.05) is 13.2 Å². The molecule has 0 unspecified atom stereocenters. The van der Waals surface area contributed by atoms with E-state index in [1.54, 1.807) is 0 Å². The van der Waals surface area contributed by atoms with Crippen LogP contribution in [0.3, 0.4) is 0 Å². The Morgan fingerprint density at radius 3 is 2.33 bits per heavy atom. The van der Waals surface area contributed by atoms with Crippen molar-refractivity contribution in [1.29, 1.82) is 0 Å². The summed E-state index contributed by atoms with van der Waals surface area (Å²) < 4.78 is 5.55. The molecule has 18 heavy (non-hydrogen) atoms. The monoisotopic (exact) mass is 242 g/mol. The van der Waals surface area contributed by atoms with Crippen LogP contribution in [0.1, 0.15) is 16.7 Å². The van der Waals surface area contributed by atoms with Gasteiger partial charge < -0.3 is 9.84 Å². The number of hydrogen-bond acceptors (Lipinski definition) is 2. The lowest BCUT2D eigenvalue weighted by molar-refractivity contribution is 0.200. The minimum absolute atomic E-state index is 0.0404. The van der Waals surface area contributed by atoms with Crippen LogP contribution in [0.25, 0.3) is 0 Å². The predicted octanol–water partition coefficient (Wildman–Crippen LogP) is 2.96. The van der Waals surface area contributed by atoms with E-state index in [9.17, 15) is 0 Å². The molecule has 0 heterocycles. The Labute approximate surface area is 108 Å². The van der Waals surface area contributed by atoms with Gasteiger partial charge in [0.25, 0.3) is 0 Å². The maximum atomic E-state index is 8.83. The zero-order valence-electron chi connectivity index (χ0n) is 10.6. The van der Waals surface area contributed by atoms with E-state index in [1.165, 1.54) is 11.1 Å². The van der Waals surface area contributed by atoms with Crippen LogP contribution in [0.2, 0.25) is 0 Å². The second kappa shape index (κ2) is 6.22. The highest BCUT2D eigenvalue weighted by molar-refractivity contribution is 5.39. The van der Waals surface area contributed by atoms with Gasteiger partial charge in [-0.1, -0.05) is 42.5 Å². The molecule has 0 aliphatic rings. The van der Waals surface area contributed by atoms with Crippen molar-refractivity contribution in [3.05, 3.63) is 65.2 Å². The normalized spacial score (nSPS) is 10.3. The molecule has 0 aliphatic heterocycles. The molecule has 0 bridgehead atoms. The molecule has 0 radical (unpaired) electrons. The molecule has 1 N–H and O–H groups in total. The summed E-state index contributed by atoms with van der Waals surface area (Å²) in [5.41, 5.74) is 3.74. The fourth-order valence-electron chi connectivity index (χ4n) is 1.96. The first kappa shape index (κ1) is 12.7. The van der Waals surface area contributed by atoms with Gasteiger partial charge in [0.2, 0.25) is 0 Å². The average Bonchev–Trinajstić information content (AvgIpc) is 2.40. The summed E-state index contributed by atoms with van der Waals surface area (Å²) in [6, 6.07) is 16.3. The fourth-order valence-corrected chi connectivity index (χ4v) is 1.96. The van der Waals surface area contributed by atoms with Crippen molar-refractivity contribution >= 4 is 0 Å². The lowest BCUT2D eigenvalue weighted by Gasteiger charge is -2.11. The first-order chi connectivity index (χ1) is 8.81. The topological polar surface area (TPSA) is 29.5 Å². The molecule has 0 saturated heterocycles. The minimum Gasteiger partial charge on any atom is -0.491 e. The van der Waals surface area contributed by atoms with Gasteiger partial charge in [-0.05, 0) is 29.7 Å². The molecule has 2 rings (SSSR count). The Hall–Kier alpha value is -1.80. The third kappa shape index (κ3) is 3.11. The molecule has 94 valence electrons. The highest BCUT2D eigenvalue weighted by atomic mass is 16.5. The van der Waals surface area contributed by atoms with Crippen LogP contribution in [0, 0.1) is 6.92 Å². The van der Waals surface area contributed by atoms with Crippen molar-refractivity contribution in [2.45, 2.75) is 13.3 Å². The lowest BCUT2D eigenvalue weighted by Crippen LogP contribution is -2.04. The van der Waals surface area contributed by atoms with Crippen molar-refractivity contribution < 1.29 is 9.84 Å². The number of aryl methyl sites for hydroxylation is 1. The van der Waals surface area contributed by atoms with E-state index < -0.39 is 0 Å². The van der Waals surface area contributed by atoms with E-state index in [1.807, 2.05) is 24.3 Å². The zero-order chi connectivity index (χ0) is 12.8. The largest absolute Gasteiger partial charge is 0.491 e. The van der Waals surface area contributed by atoms with Gasteiger partial charge in [-0.3, -0.25) is 0 Å². The lowest BCUT2D eigenvalue weighted by atomic mass is 10.00. The molecule has 0 aromatic heterocycles. The molecule has 2 aromatic rings. The molecule has 0 spiro atoms. The maximum Gasteiger partial charge on any atom is 0.122 e. The van der Waals surface area contributed by atoms with Crippen LogP contribution in [-0.2, 0) is 6.42 Å². The van der Waals surface area contributed by atoms with Crippen LogP contribution in [0.15, 0.2) is 48.5 Å². The van der Waals surface area contributed by atoms with Crippen molar-refractivity contribution in [3.8, 4) is 5.75 Å². The van der Waals surface area contributed by atoms with E-state index in [-0.39, 0.29) is 6.61 Å². The summed E-state index contributed by atoms with van der Waals surface area (Å²) in [6.45, 7) is 2.50. The average molecular weight is 242 g/mol. The van der Waals surface area contributed by atoms with Crippen molar-refractivity contribution in [2.24, 2.45) is 0 Å². The molecule has 2 nitrogen and oxygen atoms in total. The highest BCUT2D eigenvalue weighted by Gasteiger charge is 2.05. The number of ether oxygens (including phenoxy) is 1. The second-order valence-corrected chi connectivity index (χ2v) is 4.28. The number of benzene rings is 2. The van der Waals surface area contributed by atoms with E-state index >= 15 is 0 Å². The van der Waals surface area contributed by atoms with E-state index in [0.29, 0.717) is 6.61 Å². The molecule has 0 atom stereocenters. The third-order valence-electron chi connectivity index (χ3n) is 2.96. The maximum absolute atomic E-state index is 8.83. The van der Waals surface area contributed by atoms with Crippen molar-refractivity contribution in [1.82, 2.24) is 0 Å². The molecule has 0 aliphatic carbocycles. The van der Waals surface area contributed by atoms with Gasteiger partial charge >= 0.3 is 0 Å². The molecule has 2 aromatic carbocycles. The van der Waals surface area contributed by atoms with Crippen molar-refractivity contribution in [3.63, 3.8) is 0 Å².